The first-order valence-corrected chi connectivity index (χ1v) is 10.2. The molecule has 0 radical (unpaired) electrons. The van der Waals surface area contributed by atoms with Gasteiger partial charge in [-0.05, 0) is 25.8 Å². The molecule has 1 N–H and O–H groups in total. The molecule has 7 heteroatoms. The van der Waals surface area contributed by atoms with E-state index in [1.165, 1.54) is 16.2 Å². The van der Waals surface area contributed by atoms with Gasteiger partial charge in [0.1, 0.15) is 0 Å². The van der Waals surface area contributed by atoms with Crippen LogP contribution in [0.25, 0.3) is 6.08 Å². The summed E-state index contributed by atoms with van der Waals surface area (Å²) in [5.74, 6) is -1.37. The minimum Gasteiger partial charge on any atom is -0.503 e. The van der Waals surface area contributed by atoms with Crippen molar-refractivity contribution in [3.05, 3.63) is 68.9 Å². The van der Waals surface area contributed by atoms with Crippen LogP contribution in [-0.4, -0.2) is 53.0 Å². The number of ketones is 1. The number of aliphatic hydroxyl groups is 1. The fourth-order valence-electron chi connectivity index (χ4n) is 3.37. The average Bonchev–Trinajstić information content (AvgIpc) is 3.17. The summed E-state index contributed by atoms with van der Waals surface area (Å²) in [5.41, 5.74) is 1.65. The molecule has 1 unspecified atom stereocenters. The molecule has 1 aliphatic rings. The lowest BCUT2D eigenvalue weighted by atomic mass is 10.00. The summed E-state index contributed by atoms with van der Waals surface area (Å²) >= 11 is 1.27. The molecule has 1 aromatic carbocycles. The summed E-state index contributed by atoms with van der Waals surface area (Å²) in [6, 6.07) is 8.98. The zero-order valence-electron chi connectivity index (χ0n) is 16.7. The lowest BCUT2D eigenvalue weighted by Crippen LogP contribution is -2.36. The summed E-state index contributed by atoms with van der Waals surface area (Å²) in [5, 5.41) is 11.3. The van der Waals surface area contributed by atoms with E-state index >= 15 is 0 Å². The third-order valence-electron chi connectivity index (χ3n) is 4.72. The lowest BCUT2D eigenvalue weighted by molar-refractivity contribution is -0.128. The molecule has 0 saturated carbocycles. The standard InChI is InChI=1S/C22H24N2O4S/c1-14-21(29-15(2)23-14)19(25)18-17(11-10-16-8-5-4-6-9-16)24(12-7-13-28-3)22(27)20(18)26/h4-6,8-11,17,26H,7,12-13H2,1-3H3. The van der Waals surface area contributed by atoms with E-state index in [1.54, 1.807) is 20.1 Å². The van der Waals surface area contributed by atoms with E-state index in [0.29, 0.717) is 30.1 Å². The number of nitrogens with zero attached hydrogens (tertiary/aromatic N) is 2. The van der Waals surface area contributed by atoms with Crippen LogP contribution in [0.1, 0.15) is 32.4 Å². The first-order chi connectivity index (χ1) is 13.9. The summed E-state index contributed by atoms with van der Waals surface area (Å²) < 4.78 is 5.08. The Labute approximate surface area is 174 Å². The number of amides is 1. The zero-order chi connectivity index (χ0) is 21.0. The minimum atomic E-state index is -0.645. The van der Waals surface area contributed by atoms with Crippen molar-refractivity contribution in [2.75, 3.05) is 20.3 Å². The molecule has 152 valence electrons. The fourth-order valence-corrected chi connectivity index (χ4v) is 4.24. The number of methoxy groups -OCH3 is 1. The highest BCUT2D eigenvalue weighted by Gasteiger charge is 2.42. The number of carbonyl (C=O) groups excluding carboxylic acids is 2. The van der Waals surface area contributed by atoms with Crippen molar-refractivity contribution in [3.8, 4) is 0 Å². The van der Waals surface area contributed by atoms with Gasteiger partial charge in [0.2, 0.25) is 5.78 Å². The summed E-state index contributed by atoms with van der Waals surface area (Å²) in [6.07, 6.45) is 4.25. The van der Waals surface area contributed by atoms with Crippen LogP contribution in [0.5, 0.6) is 0 Å². The van der Waals surface area contributed by atoms with Gasteiger partial charge in [0, 0.05) is 20.3 Å². The second-order valence-electron chi connectivity index (χ2n) is 6.80. The Bertz CT molecular complexity index is 962. The van der Waals surface area contributed by atoms with Crippen molar-refractivity contribution in [3.63, 3.8) is 0 Å². The zero-order valence-corrected chi connectivity index (χ0v) is 17.5. The number of aryl methyl sites for hydroxylation is 2. The van der Waals surface area contributed by atoms with Crippen LogP contribution in [0, 0.1) is 13.8 Å². The van der Waals surface area contributed by atoms with Crippen LogP contribution in [0.2, 0.25) is 0 Å². The van der Waals surface area contributed by atoms with Crippen molar-refractivity contribution in [2.45, 2.75) is 26.3 Å². The van der Waals surface area contributed by atoms with E-state index in [9.17, 15) is 14.7 Å². The predicted molar refractivity (Wildman–Crippen MR) is 113 cm³/mol. The fraction of sp³-hybridized carbons (Fsp3) is 0.318. The molecule has 0 fully saturated rings. The maximum absolute atomic E-state index is 13.2. The van der Waals surface area contributed by atoms with E-state index in [0.717, 1.165) is 10.6 Å². The predicted octanol–water partition coefficient (Wildman–Crippen LogP) is 3.72. The second kappa shape index (κ2) is 9.15. The van der Waals surface area contributed by atoms with E-state index in [1.807, 2.05) is 43.3 Å². The molecule has 3 rings (SSSR count). The van der Waals surface area contributed by atoms with Crippen molar-refractivity contribution < 1.29 is 19.4 Å². The van der Waals surface area contributed by atoms with Crippen molar-refractivity contribution in [1.82, 2.24) is 9.88 Å². The molecule has 1 aliphatic heterocycles. The number of carbonyl (C=O) groups is 2. The van der Waals surface area contributed by atoms with Crippen LogP contribution < -0.4 is 0 Å². The van der Waals surface area contributed by atoms with Gasteiger partial charge >= 0.3 is 0 Å². The van der Waals surface area contributed by atoms with E-state index in [2.05, 4.69) is 4.98 Å². The number of benzene rings is 1. The number of rotatable bonds is 8. The molecule has 0 bridgehead atoms. The molecule has 0 aliphatic carbocycles. The van der Waals surface area contributed by atoms with Crippen LogP contribution in [0.15, 0.2) is 47.7 Å². The number of hydrogen-bond acceptors (Lipinski definition) is 6. The van der Waals surface area contributed by atoms with Crippen molar-refractivity contribution >= 4 is 29.1 Å². The third kappa shape index (κ3) is 4.46. The molecule has 6 nitrogen and oxygen atoms in total. The van der Waals surface area contributed by atoms with E-state index in [-0.39, 0.29) is 11.4 Å². The van der Waals surface area contributed by atoms with Gasteiger partial charge in [-0.1, -0.05) is 42.5 Å². The van der Waals surface area contributed by atoms with Gasteiger partial charge in [-0.15, -0.1) is 11.3 Å². The Morgan fingerprint density at radius 2 is 2.03 bits per heavy atom. The maximum Gasteiger partial charge on any atom is 0.289 e. The first kappa shape index (κ1) is 21.0. The molecule has 29 heavy (non-hydrogen) atoms. The molecular formula is C22H24N2O4S. The number of aromatic nitrogens is 1. The summed E-state index contributed by atoms with van der Waals surface area (Å²) in [6.45, 7) is 4.44. The second-order valence-corrected chi connectivity index (χ2v) is 8.00. The Morgan fingerprint density at radius 1 is 1.31 bits per heavy atom. The molecule has 2 heterocycles. The van der Waals surface area contributed by atoms with Gasteiger partial charge in [-0.3, -0.25) is 9.59 Å². The minimum absolute atomic E-state index is 0.103. The maximum atomic E-state index is 13.2. The van der Waals surface area contributed by atoms with Gasteiger partial charge in [-0.25, -0.2) is 4.98 Å². The Balaban J connectivity index is 1.98. The van der Waals surface area contributed by atoms with Gasteiger partial charge in [0.05, 0.1) is 27.2 Å². The van der Waals surface area contributed by atoms with Gasteiger partial charge in [0.25, 0.3) is 5.91 Å². The lowest BCUT2D eigenvalue weighted by Gasteiger charge is -2.23. The smallest absolute Gasteiger partial charge is 0.289 e. The van der Waals surface area contributed by atoms with Crippen LogP contribution >= 0.6 is 11.3 Å². The number of aliphatic hydroxyl groups excluding tert-OH is 1. The Hall–Kier alpha value is -2.77. The highest BCUT2D eigenvalue weighted by molar-refractivity contribution is 7.14. The number of ether oxygens (including phenoxy) is 1. The Kier molecular flexibility index (Phi) is 6.61. The van der Waals surface area contributed by atoms with Crippen LogP contribution in [0.4, 0.5) is 0 Å². The SMILES string of the molecule is COCCCN1C(=O)C(O)=C(C(=O)c2sc(C)nc2C)C1C=Cc1ccccc1. The number of thiazole rings is 1. The van der Waals surface area contributed by atoms with Gasteiger partial charge in [0.15, 0.2) is 5.76 Å². The highest BCUT2D eigenvalue weighted by atomic mass is 32.1. The third-order valence-corrected chi connectivity index (χ3v) is 5.79. The summed E-state index contributed by atoms with van der Waals surface area (Å²) in [4.78, 5) is 32.3. The Morgan fingerprint density at radius 3 is 2.66 bits per heavy atom. The molecular weight excluding hydrogens is 388 g/mol. The highest BCUT2D eigenvalue weighted by Crippen LogP contribution is 2.32. The quantitative estimate of drug-likeness (QED) is 0.528. The van der Waals surface area contributed by atoms with Crippen molar-refractivity contribution in [2.24, 2.45) is 0 Å². The van der Waals surface area contributed by atoms with Gasteiger partial charge < -0.3 is 14.7 Å². The number of Topliss-reactive ketones (excluding diaryl/α,β-unsaturated/α-hetero) is 1. The van der Waals surface area contributed by atoms with Crippen molar-refractivity contribution in [1.29, 1.82) is 0 Å². The average molecular weight is 413 g/mol. The van der Waals surface area contributed by atoms with E-state index in [4.69, 9.17) is 4.74 Å². The monoisotopic (exact) mass is 412 g/mol. The normalized spacial score (nSPS) is 17.0. The van der Waals surface area contributed by atoms with Crippen LogP contribution in [-0.2, 0) is 9.53 Å². The topological polar surface area (TPSA) is 79.7 Å². The largest absolute Gasteiger partial charge is 0.503 e. The molecule has 2 aromatic rings. The summed E-state index contributed by atoms with van der Waals surface area (Å²) in [7, 11) is 1.60. The molecule has 1 amide bonds. The van der Waals surface area contributed by atoms with Crippen LogP contribution in [0.3, 0.4) is 0 Å². The van der Waals surface area contributed by atoms with E-state index < -0.39 is 17.7 Å². The first-order valence-electron chi connectivity index (χ1n) is 9.39. The molecule has 0 saturated heterocycles. The molecule has 1 atom stereocenters. The van der Waals surface area contributed by atoms with Gasteiger partial charge in [-0.2, -0.15) is 0 Å². The number of hydrogen-bond donors (Lipinski definition) is 1. The molecule has 1 aromatic heterocycles. The molecule has 0 spiro atoms.